The predicted octanol–water partition coefficient (Wildman–Crippen LogP) is 2.33. The lowest BCUT2D eigenvalue weighted by Gasteiger charge is -2.45. The molecule has 1 amide bonds. The average molecular weight is 395 g/mol. The number of hydrogen-bond acceptors (Lipinski definition) is 4. The van der Waals surface area contributed by atoms with E-state index < -0.39 is 10.0 Å². The van der Waals surface area contributed by atoms with Gasteiger partial charge >= 0.3 is 0 Å². The summed E-state index contributed by atoms with van der Waals surface area (Å²) >= 11 is 0. The van der Waals surface area contributed by atoms with Crippen LogP contribution in [0.5, 0.6) is 0 Å². The molecule has 7 heteroatoms. The number of nitrogens with one attached hydrogen (secondary N) is 1. The van der Waals surface area contributed by atoms with E-state index in [9.17, 15) is 13.2 Å². The standard InChI is InChI=1S/C20H30N2O4S/c1-16-6-8-18(9-7-16)27(24,25)21-13-17-5-3-12-22(14-17)19(23)20(15-26-2)10-4-11-20/h6-9,17,21H,3-5,10-15H2,1-2H3. The Kier molecular flexibility index (Phi) is 6.23. The highest BCUT2D eigenvalue weighted by Crippen LogP contribution is 2.43. The van der Waals surface area contributed by atoms with Crippen molar-refractivity contribution in [3.05, 3.63) is 29.8 Å². The number of nitrogens with zero attached hydrogens (tertiary/aromatic N) is 1. The van der Waals surface area contributed by atoms with Gasteiger partial charge in [-0.1, -0.05) is 24.1 Å². The number of hydrogen-bond donors (Lipinski definition) is 1. The number of amides is 1. The van der Waals surface area contributed by atoms with Crippen LogP contribution in [0.3, 0.4) is 0 Å². The number of ether oxygens (including phenoxy) is 1. The Hall–Kier alpha value is -1.44. The molecule has 1 aromatic carbocycles. The molecule has 0 bridgehead atoms. The molecule has 150 valence electrons. The van der Waals surface area contributed by atoms with Gasteiger partial charge in [-0.05, 0) is 50.7 Å². The minimum atomic E-state index is -3.52. The summed E-state index contributed by atoms with van der Waals surface area (Å²) in [5.74, 6) is 0.323. The highest BCUT2D eigenvalue weighted by molar-refractivity contribution is 7.89. The number of likely N-dealkylation sites (tertiary alicyclic amines) is 1. The monoisotopic (exact) mass is 394 g/mol. The molecule has 2 aliphatic rings. The number of carbonyl (C=O) groups is 1. The zero-order valence-electron chi connectivity index (χ0n) is 16.2. The molecule has 1 aliphatic heterocycles. The van der Waals surface area contributed by atoms with Crippen LogP contribution < -0.4 is 4.72 Å². The minimum Gasteiger partial charge on any atom is -0.384 e. The molecule has 1 aliphatic carbocycles. The maximum absolute atomic E-state index is 13.0. The van der Waals surface area contributed by atoms with Crippen LogP contribution in [-0.2, 0) is 19.6 Å². The Morgan fingerprint density at radius 1 is 1.26 bits per heavy atom. The van der Waals surface area contributed by atoms with Crippen LogP contribution in [0.15, 0.2) is 29.2 Å². The second-order valence-corrected chi connectivity index (χ2v) is 9.76. The third-order valence-corrected chi connectivity index (χ3v) is 7.32. The normalized spacial score (nSPS) is 22.3. The largest absolute Gasteiger partial charge is 0.384 e. The van der Waals surface area contributed by atoms with Crippen molar-refractivity contribution in [1.29, 1.82) is 0 Å². The predicted molar refractivity (Wildman–Crippen MR) is 104 cm³/mol. The molecule has 1 N–H and O–H groups in total. The third kappa shape index (κ3) is 4.52. The zero-order chi connectivity index (χ0) is 19.5. The Morgan fingerprint density at radius 3 is 2.56 bits per heavy atom. The fourth-order valence-electron chi connectivity index (χ4n) is 4.08. The lowest BCUT2D eigenvalue weighted by Crippen LogP contribution is -2.53. The van der Waals surface area contributed by atoms with E-state index in [-0.39, 0.29) is 22.1 Å². The van der Waals surface area contributed by atoms with Crippen molar-refractivity contribution >= 4 is 15.9 Å². The lowest BCUT2D eigenvalue weighted by molar-refractivity contribution is -0.154. The number of piperidine rings is 1. The second-order valence-electron chi connectivity index (χ2n) is 7.99. The highest BCUT2D eigenvalue weighted by Gasteiger charge is 2.47. The van der Waals surface area contributed by atoms with Gasteiger partial charge in [0.05, 0.1) is 16.9 Å². The maximum Gasteiger partial charge on any atom is 0.240 e. The molecule has 0 aromatic heterocycles. The van der Waals surface area contributed by atoms with Gasteiger partial charge in [-0.3, -0.25) is 4.79 Å². The Labute approximate surface area is 162 Å². The van der Waals surface area contributed by atoms with Crippen molar-refractivity contribution in [2.75, 3.05) is 33.4 Å². The Morgan fingerprint density at radius 2 is 1.96 bits per heavy atom. The first-order chi connectivity index (χ1) is 12.9. The van der Waals surface area contributed by atoms with Gasteiger partial charge in [0, 0.05) is 26.7 Å². The first-order valence-corrected chi connectivity index (χ1v) is 11.2. The van der Waals surface area contributed by atoms with Crippen molar-refractivity contribution in [2.45, 2.75) is 43.9 Å². The number of rotatable bonds is 7. The minimum absolute atomic E-state index is 0.141. The van der Waals surface area contributed by atoms with E-state index in [4.69, 9.17) is 4.74 Å². The van der Waals surface area contributed by atoms with Gasteiger partial charge in [0.2, 0.25) is 15.9 Å². The molecule has 3 rings (SSSR count). The summed E-state index contributed by atoms with van der Waals surface area (Å²) in [4.78, 5) is 15.2. The summed E-state index contributed by atoms with van der Waals surface area (Å²) in [6.45, 7) is 4.13. The molecular weight excluding hydrogens is 364 g/mol. The smallest absolute Gasteiger partial charge is 0.240 e. The third-order valence-electron chi connectivity index (χ3n) is 5.88. The van der Waals surface area contributed by atoms with E-state index in [0.29, 0.717) is 19.7 Å². The zero-order valence-corrected chi connectivity index (χ0v) is 17.1. The van der Waals surface area contributed by atoms with E-state index in [1.807, 2.05) is 11.8 Å². The number of benzene rings is 1. The van der Waals surface area contributed by atoms with Crippen LogP contribution >= 0.6 is 0 Å². The van der Waals surface area contributed by atoms with E-state index >= 15 is 0 Å². The van der Waals surface area contributed by atoms with Crippen LogP contribution in [0.25, 0.3) is 0 Å². The summed E-state index contributed by atoms with van der Waals surface area (Å²) in [5, 5.41) is 0. The van der Waals surface area contributed by atoms with E-state index in [1.54, 1.807) is 31.4 Å². The van der Waals surface area contributed by atoms with E-state index in [1.165, 1.54) is 0 Å². The molecule has 1 aromatic rings. The first-order valence-electron chi connectivity index (χ1n) is 9.71. The molecule has 27 heavy (non-hydrogen) atoms. The van der Waals surface area contributed by atoms with E-state index in [0.717, 1.165) is 44.2 Å². The SMILES string of the molecule is COCC1(C(=O)N2CCCC(CNS(=O)(=O)c3ccc(C)cc3)C2)CCC1. The molecule has 1 heterocycles. The molecule has 0 radical (unpaired) electrons. The van der Waals surface area contributed by atoms with E-state index in [2.05, 4.69) is 4.72 Å². The van der Waals surface area contributed by atoms with Gasteiger partial charge in [0.25, 0.3) is 0 Å². The summed E-state index contributed by atoms with van der Waals surface area (Å²) in [6.07, 6.45) is 4.69. The molecule has 1 saturated heterocycles. The van der Waals surface area contributed by atoms with Crippen LogP contribution in [0.4, 0.5) is 0 Å². The van der Waals surface area contributed by atoms with Crippen molar-refractivity contribution in [2.24, 2.45) is 11.3 Å². The van der Waals surface area contributed by atoms with Gasteiger partial charge in [-0.25, -0.2) is 13.1 Å². The van der Waals surface area contributed by atoms with Gasteiger partial charge in [0.1, 0.15) is 0 Å². The van der Waals surface area contributed by atoms with Crippen molar-refractivity contribution < 1.29 is 17.9 Å². The Bertz CT molecular complexity index is 757. The van der Waals surface area contributed by atoms with Crippen molar-refractivity contribution in [3.63, 3.8) is 0 Å². The molecule has 6 nitrogen and oxygen atoms in total. The summed E-state index contributed by atoms with van der Waals surface area (Å²) in [6, 6.07) is 6.84. The topological polar surface area (TPSA) is 75.7 Å². The lowest BCUT2D eigenvalue weighted by atomic mass is 9.68. The molecule has 1 atom stereocenters. The fraction of sp³-hybridized carbons (Fsp3) is 0.650. The number of carbonyl (C=O) groups excluding carboxylic acids is 1. The summed E-state index contributed by atoms with van der Waals surface area (Å²) in [5.41, 5.74) is 0.675. The van der Waals surface area contributed by atoms with Gasteiger partial charge in [-0.15, -0.1) is 0 Å². The Balaban J connectivity index is 1.58. The molecule has 2 fully saturated rings. The average Bonchev–Trinajstić information content (AvgIpc) is 2.63. The molecular formula is C20H30N2O4S. The number of aryl methyl sites for hydroxylation is 1. The maximum atomic E-state index is 13.0. The summed E-state index contributed by atoms with van der Waals surface area (Å²) < 4.78 is 33.0. The van der Waals surface area contributed by atoms with Crippen LogP contribution in [0.2, 0.25) is 0 Å². The van der Waals surface area contributed by atoms with Gasteiger partial charge in [0.15, 0.2) is 0 Å². The first kappa shape index (κ1) is 20.3. The van der Waals surface area contributed by atoms with Gasteiger partial charge in [-0.2, -0.15) is 0 Å². The quantitative estimate of drug-likeness (QED) is 0.770. The van der Waals surface area contributed by atoms with Crippen molar-refractivity contribution in [3.8, 4) is 0 Å². The van der Waals surface area contributed by atoms with Crippen LogP contribution in [0, 0.1) is 18.3 Å². The van der Waals surface area contributed by atoms with Gasteiger partial charge < -0.3 is 9.64 Å². The van der Waals surface area contributed by atoms with Crippen molar-refractivity contribution in [1.82, 2.24) is 9.62 Å². The number of methoxy groups -OCH3 is 1. The number of sulfonamides is 1. The highest BCUT2D eigenvalue weighted by atomic mass is 32.2. The second kappa shape index (κ2) is 8.29. The molecule has 1 unspecified atom stereocenters. The summed E-state index contributed by atoms with van der Waals surface area (Å²) in [7, 11) is -1.87. The fourth-order valence-corrected chi connectivity index (χ4v) is 5.20. The van der Waals surface area contributed by atoms with Crippen LogP contribution in [0.1, 0.15) is 37.7 Å². The molecule has 0 spiro atoms. The molecule has 1 saturated carbocycles. The van der Waals surface area contributed by atoms with Crippen LogP contribution in [-0.4, -0.2) is 52.6 Å².